The third kappa shape index (κ3) is 4.69. The monoisotopic (exact) mass is 481 g/mol. The highest BCUT2D eigenvalue weighted by Gasteiger charge is 2.35. The van der Waals surface area contributed by atoms with Crippen molar-refractivity contribution in [1.29, 1.82) is 0 Å². The first-order chi connectivity index (χ1) is 16.4. The Morgan fingerprint density at radius 1 is 1.32 bits per heavy atom. The summed E-state index contributed by atoms with van der Waals surface area (Å²) in [6.45, 7) is 5.30. The highest BCUT2D eigenvalue weighted by atomic mass is 32.2. The molecule has 1 aliphatic rings. The van der Waals surface area contributed by atoms with E-state index in [0.29, 0.717) is 39.3 Å². The van der Waals surface area contributed by atoms with Crippen molar-refractivity contribution in [3.63, 3.8) is 0 Å². The van der Waals surface area contributed by atoms with Crippen molar-refractivity contribution in [3.05, 3.63) is 99.5 Å². The highest BCUT2D eigenvalue weighted by Crippen LogP contribution is 2.37. The van der Waals surface area contributed by atoms with Gasteiger partial charge in [0.05, 0.1) is 10.5 Å². The zero-order valence-electron chi connectivity index (χ0n) is 18.1. The molecule has 1 N–H and O–H groups in total. The predicted octanol–water partition coefficient (Wildman–Crippen LogP) is 4.64. The van der Waals surface area contributed by atoms with Gasteiger partial charge < -0.3 is 10.1 Å². The molecule has 0 fully saturated rings. The number of nitro groups is 1. The van der Waals surface area contributed by atoms with Crippen LogP contribution in [0.2, 0.25) is 0 Å². The van der Waals surface area contributed by atoms with E-state index >= 15 is 0 Å². The first-order valence-corrected chi connectivity index (χ1v) is 11.2. The number of esters is 1. The Kier molecular flexibility index (Phi) is 6.73. The normalized spacial score (nSPS) is 14.8. The second-order valence-electron chi connectivity index (χ2n) is 7.34. The van der Waals surface area contributed by atoms with E-state index in [9.17, 15) is 19.3 Å². The van der Waals surface area contributed by atoms with Crippen LogP contribution < -0.4 is 5.32 Å². The average Bonchev–Trinajstić information content (AvgIpc) is 3.23. The maximum Gasteiger partial charge on any atom is 0.338 e. The van der Waals surface area contributed by atoms with Crippen LogP contribution >= 0.6 is 11.8 Å². The van der Waals surface area contributed by atoms with Crippen molar-refractivity contribution in [3.8, 4) is 0 Å². The number of hydrogen-bond acceptors (Lipinski definition) is 8. The van der Waals surface area contributed by atoms with E-state index in [4.69, 9.17) is 4.74 Å². The third-order valence-electron chi connectivity index (χ3n) is 5.12. The lowest BCUT2D eigenvalue weighted by Crippen LogP contribution is -2.29. The number of nitro benzene ring substituents is 1. The molecule has 1 aliphatic heterocycles. The van der Waals surface area contributed by atoms with Gasteiger partial charge in [0.15, 0.2) is 0 Å². The first kappa shape index (κ1) is 23.2. The zero-order valence-corrected chi connectivity index (χ0v) is 18.9. The Morgan fingerprint density at radius 2 is 2.06 bits per heavy atom. The van der Waals surface area contributed by atoms with Crippen LogP contribution in [-0.4, -0.2) is 32.3 Å². The summed E-state index contributed by atoms with van der Waals surface area (Å²) in [6, 6.07) is 11.6. The van der Waals surface area contributed by atoms with Gasteiger partial charge in [-0.3, -0.25) is 10.1 Å². The van der Waals surface area contributed by atoms with Gasteiger partial charge in [-0.15, -0.1) is 5.10 Å². The number of nitrogens with one attached hydrogen (secondary N) is 1. The van der Waals surface area contributed by atoms with Gasteiger partial charge in [0.25, 0.3) is 5.69 Å². The van der Waals surface area contributed by atoms with Gasteiger partial charge in [-0.2, -0.15) is 4.98 Å². The molecular weight excluding hydrogens is 461 g/mol. The van der Waals surface area contributed by atoms with Crippen molar-refractivity contribution in [1.82, 2.24) is 14.8 Å². The second-order valence-corrected chi connectivity index (χ2v) is 8.29. The lowest BCUT2D eigenvalue weighted by atomic mass is 9.95. The van der Waals surface area contributed by atoms with Crippen molar-refractivity contribution in [2.75, 3.05) is 11.9 Å². The van der Waals surface area contributed by atoms with Crippen molar-refractivity contribution in [2.45, 2.75) is 23.9 Å². The molecule has 0 aliphatic carbocycles. The number of carbonyl (C=O) groups excluding carboxylic acids is 1. The molecule has 0 saturated heterocycles. The zero-order chi connectivity index (χ0) is 24.2. The number of thioether (sulfide) groups is 1. The van der Waals surface area contributed by atoms with Crippen LogP contribution in [-0.2, 0) is 15.3 Å². The fraction of sp³-hybridized carbons (Fsp3) is 0.174. The summed E-state index contributed by atoms with van der Waals surface area (Å²) in [5.41, 5.74) is 1.84. The molecule has 1 atom stereocenters. The minimum Gasteiger partial charge on any atom is -0.458 e. The molecule has 3 aromatic rings. The molecule has 9 nitrogen and oxygen atoms in total. The number of allylic oxidation sites excluding steroid dienone is 1. The van der Waals surface area contributed by atoms with Gasteiger partial charge >= 0.3 is 5.97 Å². The van der Waals surface area contributed by atoms with Crippen LogP contribution in [0, 0.1) is 15.9 Å². The molecule has 11 heteroatoms. The van der Waals surface area contributed by atoms with E-state index in [1.54, 1.807) is 37.3 Å². The standard InChI is InChI=1S/C23H20FN5O4S/c1-3-12-33-21(30)19-14(2)25-22-26-23(34-13-16-6-4-5-7-18(16)24)27-28(22)20(19)15-8-10-17(11-9-15)29(31)32/h3-11,20H,1,12-13H2,2H3,(H,25,26,27). The Labute approximate surface area is 198 Å². The summed E-state index contributed by atoms with van der Waals surface area (Å²) in [4.78, 5) is 28.0. The Morgan fingerprint density at radius 3 is 2.74 bits per heavy atom. The minimum atomic E-state index is -0.732. The fourth-order valence-corrected chi connectivity index (χ4v) is 4.33. The predicted molar refractivity (Wildman–Crippen MR) is 125 cm³/mol. The van der Waals surface area contributed by atoms with Crippen LogP contribution in [0.25, 0.3) is 0 Å². The number of non-ortho nitro benzene ring substituents is 1. The number of anilines is 1. The molecule has 1 aromatic heterocycles. The molecule has 0 saturated carbocycles. The fourth-order valence-electron chi connectivity index (χ4n) is 3.51. The van der Waals surface area contributed by atoms with Gasteiger partial charge in [-0.05, 0) is 36.2 Å². The van der Waals surface area contributed by atoms with Crippen LogP contribution in [0.4, 0.5) is 16.0 Å². The Hall–Kier alpha value is -3.99. The van der Waals surface area contributed by atoms with Crippen molar-refractivity contribution in [2.24, 2.45) is 0 Å². The maximum atomic E-state index is 14.0. The molecule has 2 aromatic carbocycles. The molecule has 0 amide bonds. The highest BCUT2D eigenvalue weighted by molar-refractivity contribution is 7.98. The molecule has 0 spiro atoms. The summed E-state index contributed by atoms with van der Waals surface area (Å²) >= 11 is 1.25. The van der Waals surface area contributed by atoms with Crippen molar-refractivity contribution < 1.29 is 18.8 Å². The molecular formula is C23H20FN5O4S. The molecule has 174 valence electrons. The van der Waals surface area contributed by atoms with E-state index in [1.807, 2.05) is 0 Å². The number of hydrogen-bond donors (Lipinski definition) is 1. The van der Waals surface area contributed by atoms with E-state index in [1.165, 1.54) is 40.7 Å². The van der Waals surface area contributed by atoms with Crippen molar-refractivity contribution >= 4 is 29.4 Å². The molecule has 4 rings (SSSR count). The van der Waals surface area contributed by atoms with Gasteiger partial charge in [0.1, 0.15) is 18.5 Å². The summed E-state index contributed by atoms with van der Waals surface area (Å²) in [5, 5.41) is 19.1. The number of aromatic nitrogens is 3. The summed E-state index contributed by atoms with van der Waals surface area (Å²) in [7, 11) is 0. The van der Waals surface area contributed by atoms with E-state index < -0.39 is 16.9 Å². The van der Waals surface area contributed by atoms with E-state index in [0.717, 1.165) is 0 Å². The number of benzene rings is 2. The molecule has 0 radical (unpaired) electrons. The molecule has 1 unspecified atom stereocenters. The lowest BCUT2D eigenvalue weighted by molar-refractivity contribution is -0.384. The first-order valence-electron chi connectivity index (χ1n) is 10.2. The number of carbonyl (C=O) groups is 1. The number of halogens is 1. The number of ether oxygens (including phenoxy) is 1. The van der Waals surface area contributed by atoms with Gasteiger partial charge in [-0.25, -0.2) is 13.9 Å². The number of nitrogens with zero attached hydrogens (tertiary/aromatic N) is 4. The van der Waals surface area contributed by atoms with E-state index in [2.05, 4.69) is 22.0 Å². The Bertz CT molecular complexity index is 1290. The van der Waals surface area contributed by atoms with Gasteiger partial charge in [0.2, 0.25) is 11.1 Å². The maximum absolute atomic E-state index is 14.0. The van der Waals surface area contributed by atoms with E-state index in [-0.39, 0.29) is 18.1 Å². The molecule has 34 heavy (non-hydrogen) atoms. The number of rotatable bonds is 8. The Balaban J connectivity index is 1.70. The smallest absolute Gasteiger partial charge is 0.338 e. The quantitative estimate of drug-likeness (QED) is 0.163. The van der Waals surface area contributed by atoms with Gasteiger partial charge in [-0.1, -0.05) is 42.6 Å². The minimum absolute atomic E-state index is 0.0244. The summed E-state index contributed by atoms with van der Waals surface area (Å²) in [5.74, 6) is -0.184. The third-order valence-corrected chi connectivity index (χ3v) is 6.01. The van der Waals surface area contributed by atoms with Crippen LogP contribution in [0.15, 0.2) is 77.6 Å². The molecule has 2 heterocycles. The summed E-state index contributed by atoms with van der Waals surface area (Å²) in [6.07, 6.45) is 1.46. The number of fused-ring (bicyclic) bond motifs is 1. The average molecular weight is 482 g/mol. The van der Waals surface area contributed by atoms with Gasteiger partial charge in [0, 0.05) is 23.6 Å². The summed E-state index contributed by atoms with van der Waals surface area (Å²) < 4.78 is 20.8. The van der Waals surface area contributed by atoms with Crippen LogP contribution in [0.5, 0.6) is 0 Å². The molecule has 0 bridgehead atoms. The van der Waals surface area contributed by atoms with Crippen LogP contribution in [0.1, 0.15) is 24.1 Å². The lowest BCUT2D eigenvalue weighted by Gasteiger charge is -2.28. The SMILES string of the molecule is C=CCOC(=O)C1=C(C)Nc2nc(SCc3ccccc3F)nn2C1c1ccc([N+](=O)[O-])cc1. The second kappa shape index (κ2) is 9.87. The van der Waals surface area contributed by atoms with Crippen LogP contribution in [0.3, 0.4) is 0 Å². The largest absolute Gasteiger partial charge is 0.458 e. The topological polar surface area (TPSA) is 112 Å².